The number of nitrogen functional groups attached to an aromatic ring is 2. The minimum Gasteiger partial charge on any atom is -0.382 e. The Morgan fingerprint density at radius 3 is 1.47 bits per heavy atom. The molecule has 5 aromatic rings. The van der Waals surface area contributed by atoms with Gasteiger partial charge in [0.15, 0.2) is 28.2 Å². The first kappa shape index (κ1) is 25.4. The molecule has 0 saturated carbocycles. The summed E-state index contributed by atoms with van der Waals surface area (Å²) >= 11 is 3.56. The van der Waals surface area contributed by atoms with E-state index in [1.54, 1.807) is 27.7 Å². The van der Waals surface area contributed by atoms with E-state index in [2.05, 4.69) is 64.3 Å². The Labute approximate surface area is 226 Å². The van der Waals surface area contributed by atoms with Crippen LogP contribution in [0.1, 0.15) is 23.0 Å². The fourth-order valence-corrected chi connectivity index (χ4v) is 4.44. The van der Waals surface area contributed by atoms with E-state index in [0.717, 1.165) is 23.1 Å². The fraction of sp³-hybridized carbons (Fsp3) is 0.278. The molecule has 17 nitrogen and oxygen atoms in total. The molecular weight excluding hydrogens is 551 g/mol. The van der Waals surface area contributed by atoms with E-state index in [1.807, 2.05) is 6.26 Å². The summed E-state index contributed by atoms with van der Waals surface area (Å²) in [6.07, 6.45) is 1.83. The number of azo groups is 2. The van der Waals surface area contributed by atoms with E-state index in [1.165, 1.54) is 21.1 Å². The predicted molar refractivity (Wildman–Crippen MR) is 142 cm³/mol. The molecule has 5 rings (SSSR count). The number of aromatic nitrogens is 11. The molecule has 0 bridgehead atoms. The van der Waals surface area contributed by atoms with Crippen molar-refractivity contribution in [3.8, 4) is 11.9 Å². The highest BCUT2D eigenvalue weighted by atomic mass is 32.2. The van der Waals surface area contributed by atoms with Gasteiger partial charge in [-0.25, -0.2) is 9.97 Å². The van der Waals surface area contributed by atoms with Gasteiger partial charge < -0.3 is 11.5 Å². The van der Waals surface area contributed by atoms with Crippen LogP contribution in [0.4, 0.5) is 33.3 Å². The largest absolute Gasteiger partial charge is 0.382 e. The molecular formula is C18H19N17S3. The number of nitrogens with zero attached hydrogens (tertiary/aromatic N) is 15. The maximum absolute atomic E-state index is 6.36. The second-order valence-electron chi connectivity index (χ2n) is 7.53. The van der Waals surface area contributed by atoms with E-state index >= 15 is 0 Å². The molecule has 4 N–H and O–H groups in total. The van der Waals surface area contributed by atoms with Gasteiger partial charge in [-0.05, 0) is 34.0 Å². The van der Waals surface area contributed by atoms with Crippen molar-refractivity contribution in [2.45, 2.75) is 32.9 Å². The summed E-state index contributed by atoms with van der Waals surface area (Å²) in [5.74, 6) is 1.88. The van der Waals surface area contributed by atoms with Crippen molar-refractivity contribution in [2.75, 3.05) is 17.7 Å². The van der Waals surface area contributed by atoms with Gasteiger partial charge in [0.25, 0.3) is 11.9 Å². The standard InChI is InChI=1S/C18H19N17S3/c1-6-10(26-28-17-21-8(3)32-37-17)12(19)34(30-6)14-23-15(25-16(24-14)36-5)35-13(20)11(7(2)31-35)27-29-18-22-9(4)33-38-18/h19-20H2,1-5H3. The number of anilines is 2. The minimum absolute atomic E-state index is 0.147. The zero-order valence-corrected chi connectivity index (χ0v) is 23.0. The van der Waals surface area contributed by atoms with Gasteiger partial charge in [-0.3, -0.25) is 0 Å². The van der Waals surface area contributed by atoms with Crippen LogP contribution in [0.25, 0.3) is 11.9 Å². The van der Waals surface area contributed by atoms with Crippen LogP contribution in [-0.4, -0.2) is 59.5 Å². The molecule has 0 amide bonds. The van der Waals surface area contributed by atoms with Gasteiger partial charge in [0.05, 0.1) is 11.4 Å². The molecule has 0 aromatic carbocycles. The molecule has 194 valence electrons. The van der Waals surface area contributed by atoms with Crippen LogP contribution in [-0.2, 0) is 0 Å². The van der Waals surface area contributed by atoms with Crippen molar-refractivity contribution in [3.63, 3.8) is 0 Å². The van der Waals surface area contributed by atoms with Gasteiger partial charge in [0, 0.05) is 23.1 Å². The summed E-state index contributed by atoms with van der Waals surface area (Å²) < 4.78 is 10.9. The lowest BCUT2D eigenvalue weighted by Gasteiger charge is -2.07. The zero-order chi connectivity index (χ0) is 27.0. The summed E-state index contributed by atoms with van der Waals surface area (Å²) in [5.41, 5.74) is 14.5. The molecule has 0 fully saturated rings. The Bertz CT molecular complexity index is 1570. The van der Waals surface area contributed by atoms with E-state index in [-0.39, 0.29) is 23.5 Å². The molecule has 0 aliphatic heterocycles. The monoisotopic (exact) mass is 569 g/mol. The third-order valence-electron chi connectivity index (χ3n) is 4.78. The summed E-state index contributed by atoms with van der Waals surface area (Å²) in [6, 6.07) is 0. The Morgan fingerprint density at radius 1 is 0.658 bits per heavy atom. The maximum Gasteiger partial charge on any atom is 0.258 e. The number of aryl methyl sites for hydroxylation is 4. The molecule has 5 aromatic heterocycles. The Morgan fingerprint density at radius 2 is 1.11 bits per heavy atom. The summed E-state index contributed by atoms with van der Waals surface area (Å²) in [5, 5.41) is 26.8. The van der Waals surface area contributed by atoms with Crippen molar-refractivity contribution in [1.82, 2.24) is 53.2 Å². The Hall–Kier alpha value is -4.30. The fourth-order valence-electron chi connectivity index (χ4n) is 3.08. The number of rotatable bonds is 7. The number of thioether (sulfide) groups is 1. The molecule has 0 saturated heterocycles. The average molecular weight is 570 g/mol. The van der Waals surface area contributed by atoms with Crippen LogP contribution in [0, 0.1) is 27.7 Å². The average Bonchev–Trinajstić information content (AvgIpc) is 3.64. The lowest BCUT2D eigenvalue weighted by Crippen LogP contribution is -2.14. The first-order valence-corrected chi connectivity index (χ1v) is 13.5. The van der Waals surface area contributed by atoms with Gasteiger partial charge in [-0.2, -0.15) is 43.3 Å². The molecule has 0 unspecified atom stereocenters. The van der Waals surface area contributed by atoms with Gasteiger partial charge in [0.1, 0.15) is 11.6 Å². The van der Waals surface area contributed by atoms with E-state index < -0.39 is 0 Å². The molecule has 0 radical (unpaired) electrons. The number of hydrogen-bond donors (Lipinski definition) is 2. The van der Waals surface area contributed by atoms with E-state index in [4.69, 9.17) is 11.5 Å². The molecule has 20 heteroatoms. The van der Waals surface area contributed by atoms with Gasteiger partial charge in [-0.1, -0.05) is 11.8 Å². The molecule has 0 aliphatic carbocycles. The molecule has 38 heavy (non-hydrogen) atoms. The van der Waals surface area contributed by atoms with Crippen molar-refractivity contribution >= 4 is 68.1 Å². The smallest absolute Gasteiger partial charge is 0.258 e. The molecule has 0 aliphatic rings. The van der Waals surface area contributed by atoms with Gasteiger partial charge in [-0.15, -0.1) is 20.5 Å². The molecule has 0 atom stereocenters. The topological polar surface area (TPSA) is 227 Å². The van der Waals surface area contributed by atoms with Crippen LogP contribution in [0.15, 0.2) is 25.6 Å². The summed E-state index contributed by atoms with van der Waals surface area (Å²) in [7, 11) is 0. The summed E-state index contributed by atoms with van der Waals surface area (Å²) in [6.45, 7) is 7.03. The highest BCUT2D eigenvalue weighted by molar-refractivity contribution is 7.98. The summed E-state index contributed by atoms with van der Waals surface area (Å²) in [4.78, 5) is 21.8. The van der Waals surface area contributed by atoms with Gasteiger partial charge in [0.2, 0.25) is 10.3 Å². The van der Waals surface area contributed by atoms with E-state index in [9.17, 15) is 0 Å². The Kier molecular flexibility index (Phi) is 6.82. The van der Waals surface area contributed by atoms with Crippen LogP contribution in [0.5, 0.6) is 0 Å². The van der Waals surface area contributed by atoms with Crippen molar-refractivity contribution in [2.24, 2.45) is 20.5 Å². The SMILES string of the molecule is CSc1nc(-n2nc(C)c(N=Nc3nc(C)ns3)c2N)nc(-n2nc(C)c(N=Nc3nc(C)ns3)c2N)n1. The van der Waals surface area contributed by atoms with E-state index in [0.29, 0.717) is 49.8 Å². The quantitative estimate of drug-likeness (QED) is 0.210. The second-order valence-corrected chi connectivity index (χ2v) is 9.77. The molecule has 0 spiro atoms. The van der Waals surface area contributed by atoms with Crippen LogP contribution >= 0.6 is 34.8 Å². The maximum atomic E-state index is 6.36. The van der Waals surface area contributed by atoms with Crippen molar-refractivity contribution in [3.05, 3.63) is 23.0 Å². The normalized spacial score (nSPS) is 11.9. The lowest BCUT2D eigenvalue weighted by molar-refractivity contribution is 0.710. The van der Waals surface area contributed by atoms with Crippen LogP contribution < -0.4 is 11.5 Å². The first-order valence-electron chi connectivity index (χ1n) is 10.7. The predicted octanol–water partition coefficient (Wildman–Crippen LogP) is 3.90. The van der Waals surface area contributed by atoms with Crippen molar-refractivity contribution < 1.29 is 0 Å². The highest BCUT2D eigenvalue weighted by Crippen LogP contribution is 2.32. The Balaban J connectivity index is 1.53. The lowest BCUT2D eigenvalue weighted by atomic mass is 10.4. The van der Waals surface area contributed by atoms with Crippen molar-refractivity contribution in [1.29, 1.82) is 0 Å². The minimum atomic E-state index is 0.147. The highest BCUT2D eigenvalue weighted by Gasteiger charge is 2.21. The third-order valence-corrected chi connectivity index (χ3v) is 6.72. The molecule has 5 heterocycles. The third kappa shape index (κ3) is 4.95. The second kappa shape index (κ2) is 10.2. The van der Waals surface area contributed by atoms with Crippen LogP contribution in [0.3, 0.4) is 0 Å². The number of nitrogens with two attached hydrogens (primary N) is 2. The van der Waals surface area contributed by atoms with Crippen LogP contribution in [0.2, 0.25) is 0 Å². The van der Waals surface area contributed by atoms with Gasteiger partial charge >= 0.3 is 0 Å². The first-order chi connectivity index (χ1) is 18.2. The number of hydrogen-bond acceptors (Lipinski definition) is 18. The zero-order valence-electron chi connectivity index (χ0n) is 20.6.